The van der Waals surface area contributed by atoms with Crippen LogP contribution in [0.25, 0.3) is 21.7 Å². The number of fused-ring (bicyclic) bond motifs is 1. The minimum atomic E-state index is -0.489. The Hall–Kier alpha value is -3.24. The number of rotatable bonds is 5. The highest BCUT2D eigenvalue weighted by Crippen LogP contribution is 2.28. The zero-order chi connectivity index (χ0) is 22.1. The molecule has 0 saturated heterocycles. The zero-order valence-corrected chi connectivity index (χ0v) is 18.7. The molecular formula is C21H19N5O3S2. The highest BCUT2D eigenvalue weighted by atomic mass is 32.2. The van der Waals surface area contributed by atoms with E-state index in [1.165, 1.54) is 23.0 Å². The summed E-state index contributed by atoms with van der Waals surface area (Å²) >= 11 is 2.60. The lowest BCUT2D eigenvalue weighted by Gasteiger charge is -2.11. The second kappa shape index (κ2) is 8.48. The van der Waals surface area contributed by atoms with Crippen molar-refractivity contribution in [1.82, 2.24) is 19.1 Å². The lowest BCUT2D eigenvalue weighted by atomic mass is 10.2. The second-order valence-corrected chi connectivity index (χ2v) is 8.85. The van der Waals surface area contributed by atoms with Gasteiger partial charge >= 0.3 is 5.69 Å². The van der Waals surface area contributed by atoms with Gasteiger partial charge in [-0.1, -0.05) is 35.5 Å². The molecule has 0 unspecified atom stereocenters. The van der Waals surface area contributed by atoms with Gasteiger partial charge in [-0.3, -0.25) is 18.7 Å². The van der Waals surface area contributed by atoms with E-state index in [-0.39, 0.29) is 22.7 Å². The maximum absolute atomic E-state index is 12.8. The Morgan fingerprint density at radius 2 is 1.84 bits per heavy atom. The van der Waals surface area contributed by atoms with Crippen LogP contribution in [0.4, 0.5) is 5.69 Å². The molecule has 0 aliphatic heterocycles. The molecule has 10 heteroatoms. The molecular weight excluding hydrogens is 434 g/mol. The quantitative estimate of drug-likeness (QED) is 0.369. The molecule has 0 spiro atoms. The first-order valence-corrected chi connectivity index (χ1v) is 11.2. The summed E-state index contributed by atoms with van der Waals surface area (Å²) < 4.78 is 2.35. The third kappa shape index (κ3) is 4.17. The van der Waals surface area contributed by atoms with Gasteiger partial charge in [0.15, 0.2) is 11.5 Å². The van der Waals surface area contributed by atoms with Crippen LogP contribution >= 0.6 is 23.1 Å². The molecule has 0 aliphatic rings. The van der Waals surface area contributed by atoms with Crippen molar-refractivity contribution in [1.29, 1.82) is 0 Å². The van der Waals surface area contributed by atoms with Gasteiger partial charge in [-0.05, 0) is 30.5 Å². The van der Waals surface area contributed by atoms with Crippen LogP contribution in [0.5, 0.6) is 0 Å². The first kappa shape index (κ1) is 21.0. The molecule has 0 saturated carbocycles. The molecule has 4 aromatic rings. The van der Waals surface area contributed by atoms with Crippen molar-refractivity contribution < 1.29 is 4.79 Å². The number of thioether (sulfide) groups is 1. The summed E-state index contributed by atoms with van der Waals surface area (Å²) in [6, 6.07) is 11.2. The number of hydrogen-bond acceptors (Lipinski definition) is 7. The van der Waals surface area contributed by atoms with E-state index in [4.69, 9.17) is 0 Å². The Balaban J connectivity index is 1.73. The van der Waals surface area contributed by atoms with Crippen molar-refractivity contribution in [2.45, 2.75) is 11.9 Å². The van der Waals surface area contributed by atoms with Crippen molar-refractivity contribution in [2.24, 2.45) is 14.1 Å². The molecule has 1 amide bonds. The summed E-state index contributed by atoms with van der Waals surface area (Å²) in [7, 11) is 2.98. The summed E-state index contributed by atoms with van der Waals surface area (Å²) in [4.78, 5) is 47.6. The smallest absolute Gasteiger partial charge is 0.325 e. The molecule has 0 aliphatic carbocycles. The Morgan fingerprint density at radius 1 is 1.10 bits per heavy atom. The van der Waals surface area contributed by atoms with E-state index < -0.39 is 11.2 Å². The van der Waals surface area contributed by atoms with E-state index in [0.717, 1.165) is 26.8 Å². The fraction of sp³-hybridized carbons (Fsp3) is 0.190. The summed E-state index contributed by atoms with van der Waals surface area (Å²) in [6.07, 6.45) is 0. The largest absolute Gasteiger partial charge is 0.332 e. The molecule has 31 heavy (non-hydrogen) atoms. The van der Waals surface area contributed by atoms with Gasteiger partial charge in [0.05, 0.1) is 10.6 Å². The highest BCUT2D eigenvalue weighted by molar-refractivity contribution is 8.00. The highest BCUT2D eigenvalue weighted by Gasteiger charge is 2.19. The maximum Gasteiger partial charge on any atom is 0.332 e. The van der Waals surface area contributed by atoms with Gasteiger partial charge in [0.25, 0.3) is 5.56 Å². The number of amides is 1. The first-order valence-electron chi connectivity index (χ1n) is 9.36. The van der Waals surface area contributed by atoms with E-state index in [1.54, 1.807) is 7.05 Å². The van der Waals surface area contributed by atoms with Gasteiger partial charge in [-0.2, -0.15) is 0 Å². The Morgan fingerprint density at radius 3 is 2.52 bits per heavy atom. The lowest BCUT2D eigenvalue weighted by Crippen LogP contribution is -2.37. The molecule has 158 valence electrons. The molecule has 3 heterocycles. The summed E-state index contributed by atoms with van der Waals surface area (Å²) in [6.45, 7) is 1.97. The standard InChI is InChI=1S/C21H19N5O3S2/c1-12-6-8-13(9-7-12)22-15(27)11-31-19-16-18(25(2)21(29)26(3)20(16)28)23-17(24-19)14-5-4-10-30-14/h4-10H,11H2,1-3H3,(H,22,27). The van der Waals surface area contributed by atoms with Crippen LogP contribution in [-0.2, 0) is 18.9 Å². The maximum atomic E-state index is 12.8. The Labute approximate surface area is 185 Å². The van der Waals surface area contributed by atoms with E-state index in [9.17, 15) is 14.4 Å². The van der Waals surface area contributed by atoms with Crippen LogP contribution in [0.3, 0.4) is 0 Å². The van der Waals surface area contributed by atoms with Crippen molar-refractivity contribution in [3.63, 3.8) is 0 Å². The van der Waals surface area contributed by atoms with Gasteiger partial charge in [0, 0.05) is 19.8 Å². The van der Waals surface area contributed by atoms with Gasteiger partial charge in [0.1, 0.15) is 10.4 Å². The summed E-state index contributed by atoms with van der Waals surface area (Å²) in [5.74, 6) is 0.239. The predicted octanol–water partition coefficient (Wildman–Crippen LogP) is 2.79. The minimum absolute atomic E-state index is 0.0515. The molecule has 0 bridgehead atoms. The molecule has 0 radical (unpaired) electrons. The molecule has 8 nitrogen and oxygen atoms in total. The molecule has 0 fully saturated rings. The van der Waals surface area contributed by atoms with Gasteiger partial charge in [0.2, 0.25) is 5.91 Å². The fourth-order valence-corrected chi connectivity index (χ4v) is 4.49. The number of aryl methyl sites for hydroxylation is 2. The van der Waals surface area contributed by atoms with E-state index in [2.05, 4.69) is 15.3 Å². The molecule has 3 aromatic heterocycles. The Kier molecular flexibility index (Phi) is 5.75. The van der Waals surface area contributed by atoms with Crippen molar-refractivity contribution in [3.8, 4) is 10.7 Å². The van der Waals surface area contributed by atoms with Crippen LogP contribution in [0.15, 0.2) is 56.4 Å². The first-order chi connectivity index (χ1) is 14.8. The SMILES string of the molecule is Cc1ccc(NC(=O)CSc2nc(-c3cccs3)nc3c2c(=O)n(C)c(=O)n3C)cc1. The van der Waals surface area contributed by atoms with Crippen molar-refractivity contribution in [2.75, 3.05) is 11.1 Å². The van der Waals surface area contributed by atoms with Crippen molar-refractivity contribution in [3.05, 3.63) is 68.2 Å². The van der Waals surface area contributed by atoms with Gasteiger partial charge < -0.3 is 5.32 Å². The topological polar surface area (TPSA) is 98.9 Å². The number of thiophene rings is 1. The minimum Gasteiger partial charge on any atom is -0.325 e. The third-order valence-corrected chi connectivity index (χ3v) is 6.52. The number of nitrogens with zero attached hydrogens (tertiary/aromatic N) is 4. The fourth-order valence-electron chi connectivity index (χ4n) is 3.02. The predicted molar refractivity (Wildman–Crippen MR) is 124 cm³/mol. The number of anilines is 1. The van der Waals surface area contributed by atoms with E-state index in [1.807, 2.05) is 48.7 Å². The van der Waals surface area contributed by atoms with Gasteiger partial charge in [-0.25, -0.2) is 14.8 Å². The van der Waals surface area contributed by atoms with Crippen LogP contribution in [0.1, 0.15) is 5.56 Å². The number of aromatic nitrogens is 4. The number of nitrogens with one attached hydrogen (secondary N) is 1. The van der Waals surface area contributed by atoms with Gasteiger partial charge in [-0.15, -0.1) is 11.3 Å². The number of carbonyl (C=O) groups is 1. The Bertz CT molecular complexity index is 1390. The zero-order valence-electron chi connectivity index (χ0n) is 17.1. The molecule has 1 aromatic carbocycles. The average molecular weight is 454 g/mol. The number of benzene rings is 1. The second-order valence-electron chi connectivity index (χ2n) is 6.94. The normalized spacial score (nSPS) is 11.1. The lowest BCUT2D eigenvalue weighted by molar-refractivity contribution is -0.113. The van der Waals surface area contributed by atoms with Crippen LogP contribution < -0.4 is 16.6 Å². The van der Waals surface area contributed by atoms with Crippen molar-refractivity contribution >= 4 is 45.7 Å². The number of carbonyl (C=O) groups excluding carboxylic acids is 1. The van der Waals surface area contributed by atoms with E-state index in [0.29, 0.717) is 16.5 Å². The number of hydrogen-bond donors (Lipinski definition) is 1. The molecule has 0 atom stereocenters. The average Bonchev–Trinajstić information content (AvgIpc) is 3.31. The van der Waals surface area contributed by atoms with Crippen LogP contribution in [0, 0.1) is 6.92 Å². The van der Waals surface area contributed by atoms with E-state index >= 15 is 0 Å². The monoisotopic (exact) mass is 453 g/mol. The summed E-state index contributed by atoms with van der Waals surface area (Å²) in [5.41, 5.74) is 1.08. The third-order valence-electron chi connectivity index (χ3n) is 4.68. The van der Waals surface area contributed by atoms with Crippen LogP contribution in [-0.4, -0.2) is 30.8 Å². The molecule has 1 N–H and O–H groups in total. The van der Waals surface area contributed by atoms with Crippen LogP contribution in [0.2, 0.25) is 0 Å². The molecule has 4 rings (SSSR count). The summed E-state index contributed by atoms with van der Waals surface area (Å²) in [5, 5.41) is 5.32.